The van der Waals surface area contributed by atoms with Crippen LogP contribution in [0.4, 0.5) is 10.8 Å². The molecule has 1 aromatic heterocycles. The van der Waals surface area contributed by atoms with Gasteiger partial charge >= 0.3 is 0 Å². The molecule has 3 rings (SSSR count). The van der Waals surface area contributed by atoms with E-state index in [9.17, 15) is 9.59 Å². The predicted octanol–water partition coefficient (Wildman–Crippen LogP) is 3.74. The number of benzene rings is 1. The lowest BCUT2D eigenvalue weighted by atomic mass is 10.2. The van der Waals surface area contributed by atoms with Gasteiger partial charge in [0.1, 0.15) is 4.88 Å². The summed E-state index contributed by atoms with van der Waals surface area (Å²) < 4.78 is 0. The van der Waals surface area contributed by atoms with E-state index in [2.05, 4.69) is 10.3 Å². The van der Waals surface area contributed by atoms with Crippen molar-refractivity contribution in [2.75, 3.05) is 16.8 Å². The SMILES string of the molecule is CCc1nc(N2CCCC2=O)sc1C(=O)Nc1ccc(Cl)cc1. The highest BCUT2D eigenvalue weighted by atomic mass is 35.5. The number of anilines is 2. The molecule has 5 nitrogen and oxygen atoms in total. The van der Waals surface area contributed by atoms with Crippen LogP contribution in [0.1, 0.15) is 35.1 Å². The van der Waals surface area contributed by atoms with Crippen LogP contribution in [-0.4, -0.2) is 23.3 Å². The fourth-order valence-electron chi connectivity index (χ4n) is 2.44. The minimum atomic E-state index is -0.209. The van der Waals surface area contributed by atoms with Crippen molar-refractivity contribution in [1.29, 1.82) is 0 Å². The Bertz CT molecular complexity index is 742. The monoisotopic (exact) mass is 349 g/mol. The highest BCUT2D eigenvalue weighted by molar-refractivity contribution is 7.18. The van der Waals surface area contributed by atoms with Crippen molar-refractivity contribution in [2.24, 2.45) is 0 Å². The van der Waals surface area contributed by atoms with E-state index in [-0.39, 0.29) is 11.8 Å². The van der Waals surface area contributed by atoms with Gasteiger partial charge in [-0.25, -0.2) is 4.98 Å². The summed E-state index contributed by atoms with van der Waals surface area (Å²) in [6.07, 6.45) is 2.03. The Morgan fingerprint density at radius 1 is 1.39 bits per heavy atom. The van der Waals surface area contributed by atoms with Crippen LogP contribution in [0.5, 0.6) is 0 Å². The lowest BCUT2D eigenvalue weighted by Crippen LogP contribution is -2.23. The van der Waals surface area contributed by atoms with Gasteiger partial charge in [-0.1, -0.05) is 29.9 Å². The molecular formula is C16H16ClN3O2S. The van der Waals surface area contributed by atoms with E-state index in [1.807, 2.05) is 6.92 Å². The molecule has 0 spiro atoms. The largest absolute Gasteiger partial charge is 0.321 e. The van der Waals surface area contributed by atoms with Crippen LogP contribution >= 0.6 is 22.9 Å². The fourth-order valence-corrected chi connectivity index (χ4v) is 3.66. The van der Waals surface area contributed by atoms with Crippen LogP contribution in [0, 0.1) is 0 Å². The van der Waals surface area contributed by atoms with Gasteiger partial charge in [-0.3, -0.25) is 14.5 Å². The zero-order valence-corrected chi connectivity index (χ0v) is 14.2. The van der Waals surface area contributed by atoms with Crippen LogP contribution < -0.4 is 10.2 Å². The average molecular weight is 350 g/mol. The van der Waals surface area contributed by atoms with E-state index in [0.29, 0.717) is 40.1 Å². The molecule has 1 aliphatic rings. The number of thiazole rings is 1. The highest BCUT2D eigenvalue weighted by Gasteiger charge is 2.27. The topological polar surface area (TPSA) is 62.3 Å². The normalized spacial score (nSPS) is 14.3. The van der Waals surface area contributed by atoms with Crippen molar-refractivity contribution in [3.8, 4) is 0 Å². The zero-order valence-electron chi connectivity index (χ0n) is 12.6. The lowest BCUT2D eigenvalue weighted by Gasteiger charge is -2.10. The van der Waals surface area contributed by atoms with Crippen LogP contribution in [0.15, 0.2) is 24.3 Å². The van der Waals surface area contributed by atoms with Crippen LogP contribution in [0.25, 0.3) is 0 Å². The number of nitrogens with one attached hydrogen (secondary N) is 1. The first-order valence-electron chi connectivity index (χ1n) is 7.45. The van der Waals surface area contributed by atoms with E-state index in [0.717, 1.165) is 12.1 Å². The van der Waals surface area contributed by atoms with Gasteiger partial charge in [-0.05, 0) is 37.1 Å². The highest BCUT2D eigenvalue weighted by Crippen LogP contribution is 2.30. The molecule has 23 heavy (non-hydrogen) atoms. The number of carbonyl (C=O) groups excluding carboxylic acids is 2. The number of hydrogen-bond acceptors (Lipinski definition) is 4. The van der Waals surface area contributed by atoms with E-state index in [1.54, 1.807) is 29.2 Å². The second-order valence-corrected chi connectivity index (χ2v) is 6.65. The summed E-state index contributed by atoms with van der Waals surface area (Å²) >= 11 is 7.12. The maximum absolute atomic E-state index is 12.5. The molecule has 0 atom stereocenters. The standard InChI is InChI=1S/C16H16ClN3O2S/c1-2-12-14(15(22)18-11-7-5-10(17)6-8-11)23-16(19-12)20-9-3-4-13(20)21/h5-8H,2-4,9H2,1H3,(H,18,22). The summed E-state index contributed by atoms with van der Waals surface area (Å²) in [5, 5.41) is 4.08. The third kappa shape index (κ3) is 3.38. The third-order valence-corrected chi connectivity index (χ3v) is 5.00. The van der Waals surface area contributed by atoms with Gasteiger partial charge in [0.05, 0.1) is 5.69 Å². The molecule has 2 amide bonds. The minimum absolute atomic E-state index is 0.0751. The third-order valence-electron chi connectivity index (χ3n) is 3.63. The molecule has 7 heteroatoms. The van der Waals surface area contributed by atoms with E-state index < -0.39 is 0 Å². The van der Waals surface area contributed by atoms with Crippen molar-refractivity contribution >= 4 is 45.6 Å². The van der Waals surface area contributed by atoms with Crippen molar-refractivity contribution in [3.63, 3.8) is 0 Å². The Labute approximate surface area is 143 Å². The van der Waals surface area contributed by atoms with Crippen LogP contribution in [-0.2, 0) is 11.2 Å². The Hall–Kier alpha value is -1.92. The molecule has 1 fully saturated rings. The van der Waals surface area contributed by atoms with E-state index >= 15 is 0 Å². The van der Waals surface area contributed by atoms with E-state index in [1.165, 1.54) is 11.3 Å². The van der Waals surface area contributed by atoms with Gasteiger partial charge in [0, 0.05) is 23.7 Å². The predicted molar refractivity (Wildman–Crippen MR) is 92.5 cm³/mol. The van der Waals surface area contributed by atoms with Gasteiger partial charge in [0.2, 0.25) is 5.91 Å². The summed E-state index contributed by atoms with van der Waals surface area (Å²) in [7, 11) is 0. The smallest absolute Gasteiger partial charge is 0.267 e. The van der Waals surface area contributed by atoms with E-state index in [4.69, 9.17) is 11.6 Å². The summed E-state index contributed by atoms with van der Waals surface area (Å²) in [5.41, 5.74) is 1.39. The van der Waals surface area contributed by atoms with Gasteiger partial charge in [0.25, 0.3) is 5.91 Å². The number of aromatic nitrogens is 1. The molecule has 2 heterocycles. The fraction of sp³-hybridized carbons (Fsp3) is 0.312. The molecule has 0 unspecified atom stereocenters. The number of rotatable bonds is 4. The number of nitrogens with zero attached hydrogens (tertiary/aromatic N) is 2. The van der Waals surface area contributed by atoms with Crippen LogP contribution in [0.3, 0.4) is 0 Å². The number of carbonyl (C=O) groups is 2. The molecule has 0 radical (unpaired) electrons. The molecule has 0 aliphatic carbocycles. The second kappa shape index (κ2) is 6.68. The molecule has 120 valence electrons. The van der Waals surface area contributed by atoms with Crippen molar-refractivity contribution in [3.05, 3.63) is 39.9 Å². The molecule has 1 aromatic carbocycles. The maximum Gasteiger partial charge on any atom is 0.267 e. The van der Waals surface area contributed by atoms with Gasteiger partial charge in [0.15, 0.2) is 5.13 Å². The quantitative estimate of drug-likeness (QED) is 0.914. The second-order valence-electron chi connectivity index (χ2n) is 5.24. The van der Waals surface area contributed by atoms with Gasteiger partial charge < -0.3 is 5.32 Å². The summed E-state index contributed by atoms with van der Waals surface area (Å²) in [4.78, 5) is 31.1. The summed E-state index contributed by atoms with van der Waals surface area (Å²) in [6, 6.07) is 6.94. The Kier molecular flexibility index (Phi) is 4.63. The number of amides is 2. The molecule has 1 N–H and O–H groups in total. The Balaban J connectivity index is 1.83. The molecule has 0 saturated carbocycles. The lowest BCUT2D eigenvalue weighted by molar-refractivity contribution is -0.117. The molecule has 2 aromatic rings. The minimum Gasteiger partial charge on any atom is -0.321 e. The summed E-state index contributed by atoms with van der Waals surface area (Å²) in [5.74, 6) is -0.134. The molecule has 0 bridgehead atoms. The first kappa shape index (κ1) is 16.0. The van der Waals surface area contributed by atoms with Gasteiger partial charge in [-0.2, -0.15) is 0 Å². The van der Waals surface area contributed by atoms with Crippen molar-refractivity contribution in [1.82, 2.24) is 4.98 Å². The Morgan fingerprint density at radius 3 is 2.74 bits per heavy atom. The zero-order chi connectivity index (χ0) is 16.4. The molecule has 1 saturated heterocycles. The van der Waals surface area contributed by atoms with Crippen molar-refractivity contribution < 1.29 is 9.59 Å². The number of hydrogen-bond donors (Lipinski definition) is 1. The average Bonchev–Trinajstić information content (AvgIpc) is 3.15. The maximum atomic E-state index is 12.5. The number of aryl methyl sites for hydroxylation is 1. The molecule has 1 aliphatic heterocycles. The van der Waals surface area contributed by atoms with Crippen LogP contribution in [0.2, 0.25) is 5.02 Å². The molecular weight excluding hydrogens is 334 g/mol. The first-order chi connectivity index (χ1) is 11.1. The van der Waals surface area contributed by atoms with Crippen molar-refractivity contribution in [2.45, 2.75) is 26.2 Å². The Morgan fingerprint density at radius 2 is 2.13 bits per heavy atom. The van der Waals surface area contributed by atoms with Gasteiger partial charge in [-0.15, -0.1) is 0 Å². The first-order valence-corrected chi connectivity index (χ1v) is 8.65. The summed E-state index contributed by atoms with van der Waals surface area (Å²) in [6.45, 7) is 2.62. The number of halogens is 1.